The van der Waals surface area contributed by atoms with E-state index >= 15 is 0 Å². The van der Waals surface area contributed by atoms with Gasteiger partial charge < -0.3 is 38.5 Å². The van der Waals surface area contributed by atoms with E-state index in [4.69, 9.17) is 24.0 Å². The van der Waals surface area contributed by atoms with Gasteiger partial charge in [0.05, 0.1) is 0 Å². The van der Waals surface area contributed by atoms with Crippen LogP contribution in [0, 0.1) is 91.3 Å². The van der Waals surface area contributed by atoms with Crippen LogP contribution in [-0.2, 0) is 14.3 Å². The van der Waals surface area contributed by atoms with Crippen molar-refractivity contribution in [2.75, 3.05) is 26.4 Å². The van der Waals surface area contributed by atoms with Crippen LogP contribution in [0.4, 0.5) is 0 Å². The van der Waals surface area contributed by atoms with Crippen molar-refractivity contribution in [2.45, 2.75) is 77.2 Å². The molecule has 4 nitrogen and oxygen atoms in total. The van der Waals surface area contributed by atoms with Crippen LogP contribution in [-0.4, -0.2) is 67.0 Å². The van der Waals surface area contributed by atoms with Crippen LogP contribution >= 0.6 is 0 Å². The fourth-order valence-electron chi connectivity index (χ4n) is 3.35. The Hall–Kier alpha value is -1.84. The van der Waals surface area contributed by atoms with E-state index in [0.717, 1.165) is 12.8 Å². The molecule has 202 valence electrons. The number of carbonyl (C=O) groups excluding carboxylic acids is 1. The van der Waals surface area contributed by atoms with E-state index in [1.165, 1.54) is 51.4 Å². The van der Waals surface area contributed by atoms with Gasteiger partial charge in [-0.25, -0.2) is 0 Å². The van der Waals surface area contributed by atoms with E-state index in [0.29, 0.717) is 31.3 Å². The van der Waals surface area contributed by atoms with Crippen molar-refractivity contribution in [3.05, 3.63) is 6.92 Å². The molecule has 2 rings (SSSR count). The first-order chi connectivity index (χ1) is 17.7. The van der Waals surface area contributed by atoms with E-state index < -0.39 is 6.10 Å². The van der Waals surface area contributed by atoms with Gasteiger partial charge in [0.15, 0.2) is 12.4 Å². The summed E-state index contributed by atoms with van der Waals surface area (Å²) in [5.41, 5.74) is 0. The molecule has 38 heavy (non-hydrogen) atoms. The maximum Gasteiger partial charge on any atom is 2.00 e. The summed E-state index contributed by atoms with van der Waals surface area (Å²) in [5.74, 6) is 24.5. The number of aliphatic hydroxyl groups is 1. The normalized spacial score (nSPS) is 14.0. The third kappa shape index (κ3) is 32.2. The second-order valence-corrected chi connectivity index (χ2v) is 7.69. The van der Waals surface area contributed by atoms with E-state index in [1.807, 2.05) is 0 Å². The van der Waals surface area contributed by atoms with Crippen molar-refractivity contribution >= 4 is 29.3 Å². The first-order valence-electron chi connectivity index (χ1n) is 12.5. The van der Waals surface area contributed by atoms with Gasteiger partial charge in [0, 0.05) is 11.8 Å². The Bertz CT molecular complexity index is 836. The third-order valence-corrected chi connectivity index (χ3v) is 4.95. The number of aliphatic hydroxyl groups excluding tert-OH is 1. The summed E-state index contributed by atoms with van der Waals surface area (Å²) < 4.78 is 9.62. The molecule has 0 heterocycles. The molecule has 1 N–H and O–H groups in total. The molecule has 0 aromatic carbocycles. The average Bonchev–Trinajstić information content (AvgIpc) is 2.94. The fraction of sp³-hybridized carbons (Fsp3) is 0.562. The van der Waals surface area contributed by atoms with Gasteiger partial charge in [-0.1, -0.05) is 85.9 Å². The van der Waals surface area contributed by atoms with Crippen LogP contribution in [0.25, 0.3) is 0 Å². The Morgan fingerprint density at radius 1 is 0.789 bits per heavy atom. The number of aldehydes is 1. The SMILES string of the molecule is C#CCOCC#C.C#CCOCC#CC(O)C#CC1CCCCC1.O=CC#CC1CCCCC1.[Br-].[CH2-]C.[Mg+2]. The molecule has 6 heteroatoms. The van der Waals surface area contributed by atoms with Gasteiger partial charge in [0.1, 0.15) is 26.4 Å². The van der Waals surface area contributed by atoms with Crippen LogP contribution < -0.4 is 17.0 Å². The van der Waals surface area contributed by atoms with Gasteiger partial charge in [0.25, 0.3) is 0 Å². The fourth-order valence-corrected chi connectivity index (χ4v) is 3.35. The molecule has 0 spiro atoms. The maximum atomic E-state index is 9.87. The number of halogens is 1. The smallest absolute Gasteiger partial charge is 1.00 e. The number of hydrogen-bond acceptors (Lipinski definition) is 4. The Balaban J connectivity index is -0.000000236. The zero-order valence-corrected chi connectivity index (χ0v) is 25.9. The molecule has 0 saturated heterocycles. The van der Waals surface area contributed by atoms with Crippen molar-refractivity contribution in [3.8, 4) is 72.6 Å². The van der Waals surface area contributed by atoms with Crippen LogP contribution in [0.5, 0.6) is 0 Å². The van der Waals surface area contributed by atoms with E-state index in [2.05, 4.69) is 64.9 Å². The number of carbonyl (C=O) groups is 1. The zero-order chi connectivity index (χ0) is 27.1. The quantitative estimate of drug-likeness (QED) is 0.174. The molecule has 0 amide bonds. The molecular formula is C32H41BrMgO4. The van der Waals surface area contributed by atoms with Crippen molar-refractivity contribution in [1.82, 2.24) is 0 Å². The summed E-state index contributed by atoms with van der Waals surface area (Å²) in [5, 5.41) is 9.49. The van der Waals surface area contributed by atoms with Crippen molar-refractivity contribution < 1.29 is 36.4 Å². The summed E-state index contributed by atoms with van der Waals surface area (Å²) >= 11 is 0. The Morgan fingerprint density at radius 3 is 1.63 bits per heavy atom. The summed E-state index contributed by atoms with van der Waals surface area (Å²) in [6, 6.07) is 0. The summed E-state index contributed by atoms with van der Waals surface area (Å²) in [6.45, 7) is 6.11. The topological polar surface area (TPSA) is 55.8 Å². The molecular weight excluding hydrogens is 553 g/mol. The number of hydrogen-bond donors (Lipinski definition) is 1. The van der Waals surface area contributed by atoms with E-state index in [-0.39, 0.29) is 53.2 Å². The van der Waals surface area contributed by atoms with Gasteiger partial charge in [0.2, 0.25) is 0 Å². The van der Waals surface area contributed by atoms with Crippen LogP contribution in [0.2, 0.25) is 0 Å². The standard InChI is InChI=1S/C15H18O2.C9H12O.C6H6O.C2H5.BrH.Mg/c1-2-12-17-13-6-9-15(16)11-10-14-7-4-3-5-8-14;10-8-4-7-9-5-2-1-3-6-9;1-3-5-7-6-4-2;1-2;;/h1,14-16H,3-5,7-8,12-13H2;8-9H,1-3,5-6H2;1-2H,5-6H2;1H2,2H3;1H;/q;;;-1;;+2/p-1. The Morgan fingerprint density at radius 2 is 1.21 bits per heavy atom. The second-order valence-electron chi connectivity index (χ2n) is 7.69. The first-order valence-corrected chi connectivity index (χ1v) is 12.5. The number of terminal acetylenes is 3. The Kier molecular flexibility index (Phi) is 42.4. The van der Waals surface area contributed by atoms with E-state index in [1.54, 1.807) is 6.92 Å². The number of rotatable bonds is 4. The predicted octanol–water partition coefficient (Wildman–Crippen LogP) is 1.09. The minimum Gasteiger partial charge on any atom is -1.00 e. The molecule has 0 aromatic heterocycles. The van der Waals surface area contributed by atoms with Gasteiger partial charge in [-0.2, -0.15) is 6.92 Å². The first kappa shape index (κ1) is 43.2. The van der Waals surface area contributed by atoms with Crippen LogP contribution in [0.3, 0.4) is 0 Å². The monoisotopic (exact) mass is 592 g/mol. The molecule has 2 fully saturated rings. The third-order valence-electron chi connectivity index (χ3n) is 4.95. The van der Waals surface area contributed by atoms with Crippen molar-refractivity contribution in [1.29, 1.82) is 0 Å². The predicted molar refractivity (Wildman–Crippen MR) is 153 cm³/mol. The van der Waals surface area contributed by atoms with Gasteiger partial charge in [-0.05, 0) is 31.6 Å². The summed E-state index contributed by atoms with van der Waals surface area (Å²) in [6.07, 6.45) is 26.9. The minimum atomic E-state index is -0.869. The van der Waals surface area contributed by atoms with Gasteiger partial charge in [-0.15, -0.1) is 19.3 Å². The summed E-state index contributed by atoms with van der Waals surface area (Å²) in [4.78, 5) is 9.87. The van der Waals surface area contributed by atoms with E-state index in [9.17, 15) is 9.90 Å². The molecule has 2 aliphatic carbocycles. The van der Waals surface area contributed by atoms with Crippen LogP contribution in [0.1, 0.15) is 71.1 Å². The molecule has 0 radical (unpaired) electrons. The average molecular weight is 594 g/mol. The molecule has 2 aliphatic rings. The van der Waals surface area contributed by atoms with Crippen molar-refractivity contribution in [2.24, 2.45) is 11.8 Å². The van der Waals surface area contributed by atoms with Gasteiger partial charge in [-0.3, -0.25) is 4.79 Å². The molecule has 2 saturated carbocycles. The maximum absolute atomic E-state index is 9.87. The Labute approximate surface area is 259 Å². The zero-order valence-electron chi connectivity index (χ0n) is 22.9. The number of ether oxygens (including phenoxy) is 2. The van der Waals surface area contributed by atoms with Gasteiger partial charge >= 0.3 is 23.1 Å². The molecule has 1 atom stereocenters. The second kappa shape index (κ2) is 37.3. The molecule has 1 unspecified atom stereocenters. The van der Waals surface area contributed by atoms with Crippen LogP contribution in [0.15, 0.2) is 0 Å². The largest absolute Gasteiger partial charge is 2.00 e. The molecule has 0 aromatic rings. The summed E-state index contributed by atoms with van der Waals surface area (Å²) in [7, 11) is 0. The molecule has 0 aliphatic heterocycles. The minimum absolute atomic E-state index is 0. The molecule has 0 bridgehead atoms. The van der Waals surface area contributed by atoms with Crippen molar-refractivity contribution in [3.63, 3.8) is 0 Å².